The van der Waals surface area contributed by atoms with Crippen LogP contribution < -0.4 is 5.32 Å². The molecule has 21 heavy (non-hydrogen) atoms. The zero-order valence-electron chi connectivity index (χ0n) is 11.9. The number of halogens is 1. The minimum Gasteiger partial charge on any atom is -0.349 e. The molecule has 2 rings (SSSR count). The summed E-state index contributed by atoms with van der Waals surface area (Å²) in [5.41, 5.74) is 1.08. The SMILES string of the molecule is CC(Sc1ncccc1Cl)C(=O)NC(C)c1ccccc1. The van der Waals surface area contributed by atoms with E-state index in [1.54, 1.807) is 18.3 Å². The fourth-order valence-electron chi connectivity index (χ4n) is 1.83. The van der Waals surface area contributed by atoms with Gasteiger partial charge in [0.1, 0.15) is 5.03 Å². The fraction of sp³-hybridized carbons (Fsp3) is 0.250. The van der Waals surface area contributed by atoms with Gasteiger partial charge in [-0.05, 0) is 31.5 Å². The van der Waals surface area contributed by atoms with E-state index in [2.05, 4.69) is 10.3 Å². The third-order valence-electron chi connectivity index (χ3n) is 3.04. The van der Waals surface area contributed by atoms with Gasteiger partial charge in [-0.1, -0.05) is 53.7 Å². The average Bonchev–Trinajstić information content (AvgIpc) is 2.50. The van der Waals surface area contributed by atoms with Crippen LogP contribution in [-0.4, -0.2) is 16.1 Å². The average molecular weight is 321 g/mol. The van der Waals surface area contributed by atoms with Crippen molar-refractivity contribution in [3.8, 4) is 0 Å². The molecule has 1 N–H and O–H groups in total. The van der Waals surface area contributed by atoms with Gasteiger partial charge in [-0.15, -0.1) is 0 Å². The van der Waals surface area contributed by atoms with Gasteiger partial charge in [-0.25, -0.2) is 4.98 Å². The normalized spacial score (nSPS) is 13.5. The third kappa shape index (κ3) is 4.48. The molecule has 0 bridgehead atoms. The van der Waals surface area contributed by atoms with E-state index in [1.165, 1.54) is 11.8 Å². The van der Waals surface area contributed by atoms with Crippen LogP contribution in [0.5, 0.6) is 0 Å². The van der Waals surface area contributed by atoms with Crippen molar-refractivity contribution < 1.29 is 4.79 Å². The molecule has 0 spiro atoms. The molecule has 1 amide bonds. The molecular formula is C16H17ClN2OS. The van der Waals surface area contributed by atoms with Crippen LogP contribution in [-0.2, 0) is 4.79 Å². The van der Waals surface area contributed by atoms with E-state index in [9.17, 15) is 4.79 Å². The van der Waals surface area contributed by atoms with Crippen molar-refractivity contribution in [2.24, 2.45) is 0 Å². The molecule has 110 valence electrons. The lowest BCUT2D eigenvalue weighted by Gasteiger charge is -2.17. The monoisotopic (exact) mass is 320 g/mol. The third-order valence-corrected chi connectivity index (χ3v) is 4.57. The summed E-state index contributed by atoms with van der Waals surface area (Å²) in [7, 11) is 0. The lowest BCUT2D eigenvalue weighted by molar-refractivity contribution is -0.120. The molecule has 5 heteroatoms. The molecule has 0 saturated heterocycles. The standard InChI is InChI=1S/C16H17ClN2OS/c1-11(13-7-4-3-5-8-13)19-15(20)12(2)21-16-14(17)9-6-10-18-16/h3-12H,1-2H3,(H,19,20). The number of pyridine rings is 1. The number of benzene rings is 1. The fourth-order valence-corrected chi connectivity index (χ4v) is 2.90. The molecule has 2 aromatic rings. The minimum atomic E-state index is -0.261. The van der Waals surface area contributed by atoms with E-state index in [4.69, 9.17) is 11.6 Å². The van der Waals surface area contributed by atoms with Crippen LogP contribution >= 0.6 is 23.4 Å². The Hall–Kier alpha value is -1.52. The second-order valence-electron chi connectivity index (χ2n) is 4.69. The van der Waals surface area contributed by atoms with Gasteiger partial charge in [0.05, 0.1) is 16.3 Å². The molecule has 2 atom stereocenters. The summed E-state index contributed by atoms with van der Waals surface area (Å²) in [5.74, 6) is -0.0296. The predicted octanol–water partition coefficient (Wildman–Crippen LogP) is 4.09. The van der Waals surface area contributed by atoms with Gasteiger partial charge in [-0.3, -0.25) is 4.79 Å². The molecule has 0 fully saturated rings. The van der Waals surface area contributed by atoms with Crippen LogP contribution in [0.1, 0.15) is 25.5 Å². The molecule has 0 saturated carbocycles. The molecular weight excluding hydrogens is 304 g/mol. The summed E-state index contributed by atoms with van der Waals surface area (Å²) < 4.78 is 0. The first-order valence-corrected chi connectivity index (χ1v) is 7.96. The molecule has 0 aliphatic rings. The molecule has 1 heterocycles. The first-order chi connectivity index (χ1) is 10.1. The van der Waals surface area contributed by atoms with Crippen LogP contribution in [0.15, 0.2) is 53.7 Å². The number of carbonyl (C=O) groups excluding carboxylic acids is 1. The number of hydrogen-bond acceptors (Lipinski definition) is 3. The number of nitrogens with zero attached hydrogens (tertiary/aromatic N) is 1. The Kier molecular flexibility index (Phi) is 5.65. The van der Waals surface area contributed by atoms with Gasteiger partial charge in [-0.2, -0.15) is 0 Å². The largest absolute Gasteiger partial charge is 0.349 e. The molecule has 0 aliphatic carbocycles. The maximum absolute atomic E-state index is 12.2. The maximum atomic E-state index is 12.2. The Morgan fingerprint density at radius 1 is 1.19 bits per heavy atom. The molecule has 0 aliphatic heterocycles. The van der Waals surface area contributed by atoms with E-state index in [-0.39, 0.29) is 17.2 Å². The number of hydrogen-bond donors (Lipinski definition) is 1. The zero-order valence-corrected chi connectivity index (χ0v) is 13.5. The second kappa shape index (κ2) is 7.48. The highest BCUT2D eigenvalue weighted by molar-refractivity contribution is 8.00. The Morgan fingerprint density at radius 2 is 1.90 bits per heavy atom. The van der Waals surface area contributed by atoms with E-state index in [0.717, 1.165) is 5.56 Å². The second-order valence-corrected chi connectivity index (χ2v) is 6.43. The van der Waals surface area contributed by atoms with Crippen LogP contribution in [0, 0.1) is 0 Å². The highest BCUT2D eigenvalue weighted by Crippen LogP contribution is 2.28. The number of aromatic nitrogens is 1. The van der Waals surface area contributed by atoms with Crippen LogP contribution in [0.3, 0.4) is 0 Å². The van der Waals surface area contributed by atoms with Crippen molar-refractivity contribution in [1.82, 2.24) is 10.3 Å². The highest BCUT2D eigenvalue weighted by Gasteiger charge is 2.18. The topological polar surface area (TPSA) is 42.0 Å². The van der Waals surface area contributed by atoms with E-state index in [0.29, 0.717) is 10.0 Å². The van der Waals surface area contributed by atoms with Gasteiger partial charge in [0, 0.05) is 6.20 Å². The lowest BCUT2D eigenvalue weighted by atomic mass is 10.1. The Labute approximate surface area is 134 Å². The van der Waals surface area contributed by atoms with Gasteiger partial charge < -0.3 is 5.32 Å². The molecule has 1 aromatic carbocycles. The van der Waals surface area contributed by atoms with Crippen molar-refractivity contribution in [3.63, 3.8) is 0 Å². The number of thioether (sulfide) groups is 1. The summed E-state index contributed by atoms with van der Waals surface area (Å²) in [6.45, 7) is 3.82. The quantitative estimate of drug-likeness (QED) is 0.844. The summed E-state index contributed by atoms with van der Waals surface area (Å²) in [4.78, 5) is 16.4. The Balaban J connectivity index is 1.95. The summed E-state index contributed by atoms with van der Waals surface area (Å²) in [5, 5.41) is 3.99. The van der Waals surface area contributed by atoms with Gasteiger partial charge in [0.25, 0.3) is 0 Å². The first-order valence-electron chi connectivity index (χ1n) is 6.70. The highest BCUT2D eigenvalue weighted by atomic mass is 35.5. The maximum Gasteiger partial charge on any atom is 0.233 e. The van der Waals surface area contributed by atoms with Gasteiger partial charge in [0.2, 0.25) is 5.91 Å². The summed E-state index contributed by atoms with van der Waals surface area (Å²) in [6.07, 6.45) is 1.67. The van der Waals surface area contributed by atoms with Gasteiger partial charge in [0.15, 0.2) is 0 Å². The minimum absolute atomic E-state index is 0.0269. The molecule has 3 nitrogen and oxygen atoms in total. The zero-order chi connectivity index (χ0) is 15.2. The molecule has 2 unspecified atom stereocenters. The number of amides is 1. The lowest BCUT2D eigenvalue weighted by Crippen LogP contribution is -2.33. The smallest absolute Gasteiger partial charge is 0.233 e. The van der Waals surface area contributed by atoms with Crippen LogP contribution in [0.25, 0.3) is 0 Å². The number of nitrogens with one attached hydrogen (secondary N) is 1. The predicted molar refractivity (Wildman–Crippen MR) is 87.6 cm³/mol. The van der Waals surface area contributed by atoms with Gasteiger partial charge >= 0.3 is 0 Å². The van der Waals surface area contributed by atoms with Crippen molar-refractivity contribution >= 4 is 29.3 Å². The van der Waals surface area contributed by atoms with E-state index in [1.807, 2.05) is 44.2 Å². The van der Waals surface area contributed by atoms with E-state index < -0.39 is 0 Å². The van der Waals surface area contributed by atoms with E-state index >= 15 is 0 Å². The summed E-state index contributed by atoms with van der Waals surface area (Å²) >= 11 is 7.42. The molecule has 0 radical (unpaired) electrons. The van der Waals surface area contributed by atoms with Crippen molar-refractivity contribution in [1.29, 1.82) is 0 Å². The summed E-state index contributed by atoms with van der Waals surface area (Å²) in [6, 6.07) is 13.4. The van der Waals surface area contributed by atoms with Crippen molar-refractivity contribution in [3.05, 3.63) is 59.2 Å². The number of rotatable bonds is 5. The van der Waals surface area contributed by atoms with Crippen molar-refractivity contribution in [2.75, 3.05) is 0 Å². The van der Waals surface area contributed by atoms with Crippen molar-refractivity contribution in [2.45, 2.75) is 30.2 Å². The number of carbonyl (C=O) groups is 1. The first kappa shape index (κ1) is 15.9. The van der Waals surface area contributed by atoms with Crippen LogP contribution in [0.2, 0.25) is 5.02 Å². The molecule has 1 aromatic heterocycles. The van der Waals surface area contributed by atoms with Crippen LogP contribution in [0.4, 0.5) is 0 Å². The Morgan fingerprint density at radius 3 is 2.57 bits per heavy atom. The Bertz CT molecular complexity index is 606.